The van der Waals surface area contributed by atoms with Gasteiger partial charge in [-0.2, -0.15) is 0 Å². The van der Waals surface area contributed by atoms with Gasteiger partial charge >= 0.3 is 0 Å². The van der Waals surface area contributed by atoms with Gasteiger partial charge in [0.1, 0.15) is 6.04 Å². The van der Waals surface area contributed by atoms with Gasteiger partial charge in [0.05, 0.1) is 19.9 Å². The zero-order chi connectivity index (χ0) is 21.2. The topological polar surface area (TPSA) is 40.2 Å². The maximum absolute atomic E-state index is 6.49. The molecular weight excluding hydrogens is 449 g/mol. The molecule has 0 saturated heterocycles. The molecule has 8 heteroatoms. The van der Waals surface area contributed by atoms with Gasteiger partial charge in [-0.1, -0.05) is 46.9 Å². The van der Waals surface area contributed by atoms with E-state index in [1.165, 1.54) is 0 Å². The molecule has 0 N–H and O–H groups in total. The predicted molar refractivity (Wildman–Crippen MR) is 120 cm³/mol. The van der Waals surface area contributed by atoms with E-state index in [4.69, 9.17) is 53.8 Å². The van der Waals surface area contributed by atoms with E-state index >= 15 is 0 Å². The van der Waals surface area contributed by atoms with Gasteiger partial charge in [0, 0.05) is 18.0 Å². The molecule has 1 unspecified atom stereocenters. The van der Waals surface area contributed by atoms with Crippen molar-refractivity contribution in [3.8, 4) is 34.1 Å². The number of halogens is 3. The third-order valence-corrected chi connectivity index (χ3v) is 6.30. The van der Waals surface area contributed by atoms with Crippen LogP contribution in [-0.4, -0.2) is 31.9 Å². The number of hydrogen-bond donors (Lipinski definition) is 0. The van der Waals surface area contributed by atoms with Gasteiger partial charge in [0.2, 0.25) is 10.6 Å². The van der Waals surface area contributed by atoms with E-state index < -0.39 is 9.83 Å². The number of methoxy groups -OCH3 is 2. The molecule has 2 heterocycles. The van der Waals surface area contributed by atoms with E-state index in [0.29, 0.717) is 17.2 Å². The molecule has 0 radical (unpaired) electrons. The van der Waals surface area contributed by atoms with Crippen LogP contribution in [0.25, 0.3) is 21.9 Å². The average Bonchev–Trinajstić information content (AvgIpc) is 3.17. The molecule has 30 heavy (non-hydrogen) atoms. The first-order chi connectivity index (χ1) is 14.3. The van der Waals surface area contributed by atoms with Crippen LogP contribution in [0.15, 0.2) is 36.4 Å². The molecule has 3 aromatic carbocycles. The fraction of sp³-hybridized carbons (Fsp3) is 0.273. The standard InChI is InChI=1S/C22H18Cl3NO4/c1-26-20-12(5-4-11-6-18-19(7-13(11)20)30-10-29-18)14-8-16(27-2)17(28-3)9-15(14)21(26)22(23,24)25/h4-9,21H,10H2,1-3H3. The molecule has 156 valence electrons. The first-order valence-corrected chi connectivity index (χ1v) is 10.4. The molecular formula is C22H18Cl3NO4. The Morgan fingerprint density at radius 2 is 1.60 bits per heavy atom. The zero-order valence-corrected chi connectivity index (χ0v) is 18.7. The number of anilines is 1. The van der Waals surface area contributed by atoms with Crippen LogP contribution in [-0.2, 0) is 0 Å². The summed E-state index contributed by atoms with van der Waals surface area (Å²) in [6, 6.07) is 11.3. The third-order valence-electron chi connectivity index (χ3n) is 5.68. The quantitative estimate of drug-likeness (QED) is 0.426. The van der Waals surface area contributed by atoms with Gasteiger partial charge in [-0.15, -0.1) is 0 Å². The maximum atomic E-state index is 6.49. The first-order valence-electron chi connectivity index (χ1n) is 9.25. The second kappa shape index (κ2) is 6.91. The monoisotopic (exact) mass is 465 g/mol. The van der Waals surface area contributed by atoms with Crippen LogP contribution >= 0.6 is 34.8 Å². The second-order valence-electron chi connectivity index (χ2n) is 7.24. The van der Waals surface area contributed by atoms with Crippen LogP contribution in [0.4, 0.5) is 5.69 Å². The zero-order valence-electron chi connectivity index (χ0n) is 16.5. The van der Waals surface area contributed by atoms with Gasteiger partial charge < -0.3 is 23.8 Å². The molecule has 2 aliphatic heterocycles. The van der Waals surface area contributed by atoms with Gasteiger partial charge in [-0.25, -0.2) is 0 Å². The van der Waals surface area contributed by atoms with E-state index in [-0.39, 0.29) is 6.79 Å². The molecule has 0 amide bonds. The lowest BCUT2D eigenvalue weighted by Gasteiger charge is -2.42. The summed E-state index contributed by atoms with van der Waals surface area (Å²) in [5.41, 5.74) is 3.73. The lowest BCUT2D eigenvalue weighted by atomic mass is 9.86. The minimum atomic E-state index is -1.58. The van der Waals surface area contributed by atoms with Gasteiger partial charge in [-0.05, 0) is 40.8 Å². The lowest BCUT2D eigenvalue weighted by Crippen LogP contribution is -2.37. The number of ether oxygens (including phenoxy) is 4. The van der Waals surface area contributed by atoms with Crippen molar-refractivity contribution in [3.05, 3.63) is 42.0 Å². The minimum absolute atomic E-state index is 0.209. The Morgan fingerprint density at radius 1 is 0.933 bits per heavy atom. The molecule has 0 spiro atoms. The van der Waals surface area contributed by atoms with Crippen molar-refractivity contribution in [2.24, 2.45) is 0 Å². The van der Waals surface area contributed by atoms with E-state index in [0.717, 1.165) is 38.9 Å². The Balaban J connectivity index is 1.86. The van der Waals surface area contributed by atoms with Crippen molar-refractivity contribution in [1.29, 1.82) is 0 Å². The predicted octanol–water partition coefficient (Wildman–Crippen LogP) is 6.11. The molecule has 1 atom stereocenters. The van der Waals surface area contributed by atoms with Crippen molar-refractivity contribution >= 4 is 51.3 Å². The third kappa shape index (κ3) is 2.83. The molecule has 0 saturated carbocycles. The molecule has 3 aromatic rings. The van der Waals surface area contributed by atoms with E-state index in [2.05, 4.69) is 12.1 Å². The van der Waals surface area contributed by atoms with Gasteiger partial charge in [0.25, 0.3) is 0 Å². The van der Waals surface area contributed by atoms with Crippen molar-refractivity contribution in [2.75, 3.05) is 33.0 Å². The van der Waals surface area contributed by atoms with Crippen molar-refractivity contribution < 1.29 is 18.9 Å². The van der Waals surface area contributed by atoms with Crippen molar-refractivity contribution in [1.82, 2.24) is 0 Å². The van der Waals surface area contributed by atoms with E-state index in [9.17, 15) is 0 Å². The number of rotatable bonds is 2. The van der Waals surface area contributed by atoms with E-state index in [1.54, 1.807) is 14.2 Å². The molecule has 5 nitrogen and oxygen atoms in total. The second-order valence-corrected chi connectivity index (χ2v) is 9.61. The number of benzene rings is 3. The normalized spacial score (nSPS) is 17.0. The fourth-order valence-electron chi connectivity index (χ4n) is 4.38. The summed E-state index contributed by atoms with van der Waals surface area (Å²) in [5, 5.41) is 2.00. The number of fused-ring (bicyclic) bond motifs is 6. The van der Waals surface area contributed by atoms with Crippen LogP contribution in [0, 0.1) is 0 Å². The summed E-state index contributed by atoms with van der Waals surface area (Å²) in [7, 11) is 5.12. The number of hydrogen-bond acceptors (Lipinski definition) is 5. The van der Waals surface area contributed by atoms with Crippen LogP contribution in [0.2, 0.25) is 0 Å². The summed E-state index contributed by atoms with van der Waals surface area (Å²) >= 11 is 19.5. The van der Waals surface area contributed by atoms with Crippen molar-refractivity contribution in [3.63, 3.8) is 0 Å². The molecule has 0 aliphatic carbocycles. The van der Waals surface area contributed by atoms with Crippen LogP contribution in [0.3, 0.4) is 0 Å². The first kappa shape index (κ1) is 19.7. The highest BCUT2D eigenvalue weighted by Gasteiger charge is 2.43. The maximum Gasteiger partial charge on any atom is 0.231 e. The summed E-state index contributed by atoms with van der Waals surface area (Å²) in [4.78, 5) is 2.00. The molecule has 0 aromatic heterocycles. The largest absolute Gasteiger partial charge is 0.493 e. The number of nitrogens with zero attached hydrogens (tertiary/aromatic N) is 1. The highest BCUT2D eigenvalue weighted by atomic mass is 35.6. The average molecular weight is 467 g/mol. The highest BCUT2D eigenvalue weighted by molar-refractivity contribution is 6.68. The summed E-state index contributed by atoms with van der Waals surface area (Å²) in [6.45, 7) is 0.209. The summed E-state index contributed by atoms with van der Waals surface area (Å²) in [6.07, 6.45) is 0. The van der Waals surface area contributed by atoms with Gasteiger partial charge in [0.15, 0.2) is 23.0 Å². The van der Waals surface area contributed by atoms with Crippen LogP contribution in [0.5, 0.6) is 23.0 Å². The van der Waals surface area contributed by atoms with Crippen LogP contribution in [0.1, 0.15) is 11.6 Å². The minimum Gasteiger partial charge on any atom is -0.493 e. The Morgan fingerprint density at radius 3 is 2.27 bits per heavy atom. The Hall–Kier alpha value is -2.21. The Bertz CT molecular complexity index is 1180. The Labute approximate surface area is 188 Å². The molecule has 2 aliphatic rings. The number of alkyl halides is 3. The van der Waals surface area contributed by atoms with Gasteiger partial charge in [-0.3, -0.25) is 0 Å². The SMILES string of the molecule is COc1cc2c(cc1OC)C(C(Cl)(Cl)Cl)N(C)c1c-2ccc2cc3c(cc12)OCO3. The van der Waals surface area contributed by atoms with Crippen molar-refractivity contribution in [2.45, 2.75) is 9.83 Å². The highest BCUT2D eigenvalue weighted by Crippen LogP contribution is 2.56. The Kier molecular flexibility index (Phi) is 4.54. The summed E-state index contributed by atoms with van der Waals surface area (Å²) in [5.74, 6) is 2.62. The summed E-state index contributed by atoms with van der Waals surface area (Å²) < 4.78 is 20.6. The lowest BCUT2D eigenvalue weighted by molar-refractivity contribution is 0.174. The molecule has 5 rings (SSSR count). The molecule has 0 bridgehead atoms. The molecule has 0 fully saturated rings. The van der Waals surface area contributed by atoms with E-state index in [1.807, 2.05) is 36.2 Å². The smallest absolute Gasteiger partial charge is 0.231 e. The van der Waals surface area contributed by atoms with Crippen LogP contribution < -0.4 is 23.8 Å². The fourth-order valence-corrected chi connectivity index (χ4v) is 5.17.